The third-order valence-electron chi connectivity index (χ3n) is 6.26. The van der Waals surface area contributed by atoms with Gasteiger partial charge >= 0.3 is 11.9 Å². The molecule has 8 nitrogen and oxygen atoms in total. The molecule has 204 valence electrons. The van der Waals surface area contributed by atoms with Crippen LogP contribution in [0.5, 0.6) is 5.75 Å². The smallest absolute Gasteiger partial charge is 0.343 e. The van der Waals surface area contributed by atoms with E-state index in [0.29, 0.717) is 36.7 Å². The first-order valence-electron chi connectivity index (χ1n) is 12.4. The highest BCUT2D eigenvalue weighted by Crippen LogP contribution is 2.32. The molecule has 0 fully saturated rings. The van der Waals surface area contributed by atoms with E-state index in [1.54, 1.807) is 42.7 Å². The average Bonchev–Trinajstić information content (AvgIpc) is 3.21. The minimum absolute atomic E-state index is 0.215. The minimum Gasteiger partial charge on any atom is -0.481 e. The van der Waals surface area contributed by atoms with Crippen LogP contribution in [-0.4, -0.2) is 36.8 Å². The standard InChI is InChI=1S/C29H29BrN2O6S/c1-6-37-28(35)25-17(4)31-29-32(26(25)20-10-8-19(9-11-20)16(2)3)27(34)23(39-29)14-18-7-12-22(21(30)13-18)38-15-24(33)36-5/h7-14,16,26H,6,15H2,1-5H3/b23-14-/t26-/m1/s1. The van der Waals surface area contributed by atoms with Gasteiger partial charge in [0.05, 0.1) is 40.0 Å². The van der Waals surface area contributed by atoms with Gasteiger partial charge in [-0.3, -0.25) is 9.36 Å². The van der Waals surface area contributed by atoms with Gasteiger partial charge in [-0.25, -0.2) is 14.6 Å². The summed E-state index contributed by atoms with van der Waals surface area (Å²) in [5.41, 5.74) is 3.33. The van der Waals surface area contributed by atoms with Crippen LogP contribution in [0.15, 0.2) is 68.0 Å². The van der Waals surface area contributed by atoms with E-state index in [4.69, 9.17) is 9.47 Å². The topological polar surface area (TPSA) is 96.2 Å². The maximum atomic E-state index is 13.8. The molecule has 1 aromatic heterocycles. The van der Waals surface area contributed by atoms with Gasteiger partial charge in [-0.1, -0.05) is 55.5 Å². The van der Waals surface area contributed by atoms with Crippen LogP contribution in [0.1, 0.15) is 56.3 Å². The number of ether oxygens (including phenoxy) is 3. The maximum Gasteiger partial charge on any atom is 0.343 e. The quantitative estimate of drug-likeness (QED) is 0.353. The van der Waals surface area contributed by atoms with E-state index in [1.165, 1.54) is 18.4 Å². The molecule has 0 N–H and O–H groups in total. The van der Waals surface area contributed by atoms with E-state index in [9.17, 15) is 14.4 Å². The Morgan fingerprint density at radius 3 is 2.51 bits per heavy atom. The van der Waals surface area contributed by atoms with E-state index in [2.05, 4.69) is 39.5 Å². The number of hydrogen-bond donors (Lipinski definition) is 0. The van der Waals surface area contributed by atoms with Crippen molar-refractivity contribution in [2.45, 2.75) is 39.7 Å². The number of esters is 2. The number of rotatable bonds is 8. The van der Waals surface area contributed by atoms with Crippen molar-refractivity contribution in [1.82, 2.24) is 4.57 Å². The van der Waals surface area contributed by atoms with Gasteiger partial charge in [-0.05, 0) is 70.6 Å². The molecule has 0 saturated carbocycles. The molecule has 0 amide bonds. The Morgan fingerprint density at radius 2 is 1.90 bits per heavy atom. The van der Waals surface area contributed by atoms with Crippen LogP contribution in [-0.2, 0) is 19.1 Å². The van der Waals surface area contributed by atoms with Gasteiger partial charge in [0.1, 0.15) is 5.75 Å². The zero-order valence-corrected chi connectivity index (χ0v) is 24.7. The summed E-state index contributed by atoms with van der Waals surface area (Å²) in [7, 11) is 1.29. The highest BCUT2D eigenvalue weighted by molar-refractivity contribution is 9.10. The molecule has 3 aromatic rings. The second-order valence-corrected chi connectivity index (χ2v) is 11.0. The van der Waals surface area contributed by atoms with Gasteiger partial charge in [-0.15, -0.1) is 0 Å². The van der Waals surface area contributed by atoms with Crippen molar-refractivity contribution in [1.29, 1.82) is 0 Å². The lowest BCUT2D eigenvalue weighted by Crippen LogP contribution is -2.39. The molecular formula is C29H29BrN2O6S. The number of aromatic nitrogens is 1. The first kappa shape index (κ1) is 28.5. The lowest BCUT2D eigenvalue weighted by molar-refractivity contribution is -0.143. The van der Waals surface area contributed by atoms with Crippen molar-refractivity contribution in [2.24, 2.45) is 4.99 Å². The summed E-state index contributed by atoms with van der Waals surface area (Å²) in [4.78, 5) is 43.4. The zero-order chi connectivity index (χ0) is 28.3. The van der Waals surface area contributed by atoms with Gasteiger partial charge in [0, 0.05) is 0 Å². The van der Waals surface area contributed by atoms with Crippen LogP contribution in [0.4, 0.5) is 0 Å². The molecule has 39 heavy (non-hydrogen) atoms. The summed E-state index contributed by atoms with van der Waals surface area (Å²) >= 11 is 4.71. The number of thiazole rings is 1. The Morgan fingerprint density at radius 1 is 1.18 bits per heavy atom. The Kier molecular flexibility index (Phi) is 8.87. The summed E-state index contributed by atoms with van der Waals surface area (Å²) < 4.78 is 18.1. The molecule has 1 aliphatic heterocycles. The molecule has 4 rings (SSSR count). The van der Waals surface area contributed by atoms with E-state index < -0.39 is 18.0 Å². The number of nitrogens with zero attached hydrogens (tertiary/aromatic N) is 2. The van der Waals surface area contributed by atoms with Crippen molar-refractivity contribution in [3.05, 3.63) is 94.6 Å². The number of hydrogen-bond acceptors (Lipinski definition) is 8. The number of benzene rings is 2. The monoisotopic (exact) mass is 612 g/mol. The lowest BCUT2D eigenvalue weighted by atomic mass is 9.93. The molecule has 0 bridgehead atoms. The fraction of sp³-hybridized carbons (Fsp3) is 0.310. The Labute approximate surface area is 238 Å². The summed E-state index contributed by atoms with van der Waals surface area (Å²) in [6.45, 7) is 7.74. The predicted octanol–water partition coefficient (Wildman–Crippen LogP) is 4.24. The van der Waals surface area contributed by atoms with Crippen LogP contribution < -0.4 is 19.6 Å². The Balaban J connectivity index is 1.80. The molecule has 2 heterocycles. The second kappa shape index (κ2) is 12.1. The molecule has 0 saturated heterocycles. The van der Waals surface area contributed by atoms with Crippen molar-refractivity contribution < 1.29 is 23.8 Å². The van der Waals surface area contributed by atoms with Gasteiger partial charge < -0.3 is 14.2 Å². The summed E-state index contributed by atoms with van der Waals surface area (Å²) in [6, 6.07) is 12.6. The molecule has 0 unspecified atom stereocenters. The summed E-state index contributed by atoms with van der Waals surface area (Å²) in [6.07, 6.45) is 1.76. The molecule has 0 spiro atoms. The highest BCUT2D eigenvalue weighted by Gasteiger charge is 2.33. The SMILES string of the molecule is CCOC(=O)C1=C(C)N=c2s/c(=C\c3ccc(OCC(=O)OC)c(Br)c3)c(=O)n2[C@@H]1c1ccc(C(C)C)cc1. The van der Waals surface area contributed by atoms with Gasteiger partial charge in [0.15, 0.2) is 11.4 Å². The molecule has 1 aliphatic rings. The van der Waals surface area contributed by atoms with Crippen molar-refractivity contribution in [3.8, 4) is 5.75 Å². The van der Waals surface area contributed by atoms with E-state index in [-0.39, 0.29) is 18.8 Å². The largest absolute Gasteiger partial charge is 0.481 e. The van der Waals surface area contributed by atoms with Gasteiger partial charge in [0.2, 0.25) is 0 Å². The number of carbonyl (C=O) groups is 2. The molecule has 0 aliphatic carbocycles. The average molecular weight is 614 g/mol. The third-order valence-corrected chi connectivity index (χ3v) is 7.87. The molecular weight excluding hydrogens is 584 g/mol. The number of halogens is 1. The van der Waals surface area contributed by atoms with Crippen LogP contribution in [0.3, 0.4) is 0 Å². The van der Waals surface area contributed by atoms with Crippen LogP contribution >= 0.6 is 27.3 Å². The van der Waals surface area contributed by atoms with Gasteiger partial charge in [-0.2, -0.15) is 0 Å². The Hall–Kier alpha value is -3.50. The first-order chi connectivity index (χ1) is 18.6. The van der Waals surface area contributed by atoms with Gasteiger partial charge in [0.25, 0.3) is 5.56 Å². The summed E-state index contributed by atoms with van der Waals surface area (Å²) in [5, 5.41) is 0. The fourth-order valence-corrected chi connectivity index (χ4v) is 5.80. The third kappa shape index (κ3) is 6.07. The van der Waals surface area contributed by atoms with Crippen LogP contribution in [0, 0.1) is 0 Å². The molecule has 10 heteroatoms. The minimum atomic E-state index is -0.663. The van der Waals surface area contributed by atoms with Crippen molar-refractivity contribution >= 4 is 45.3 Å². The number of carbonyl (C=O) groups excluding carboxylic acids is 2. The molecule has 0 radical (unpaired) electrons. The van der Waals surface area contributed by atoms with Crippen molar-refractivity contribution in [3.63, 3.8) is 0 Å². The summed E-state index contributed by atoms with van der Waals surface area (Å²) in [5.74, 6) is -0.159. The normalized spacial score (nSPS) is 15.2. The predicted molar refractivity (Wildman–Crippen MR) is 153 cm³/mol. The van der Waals surface area contributed by atoms with Crippen molar-refractivity contribution in [2.75, 3.05) is 20.3 Å². The fourth-order valence-electron chi connectivity index (χ4n) is 4.24. The molecule has 2 aromatic carbocycles. The number of allylic oxidation sites excluding steroid dienone is 1. The van der Waals surface area contributed by atoms with E-state index in [0.717, 1.165) is 16.7 Å². The Bertz CT molecular complexity index is 1620. The highest BCUT2D eigenvalue weighted by atomic mass is 79.9. The lowest BCUT2D eigenvalue weighted by Gasteiger charge is -2.25. The zero-order valence-electron chi connectivity index (χ0n) is 22.3. The van der Waals surface area contributed by atoms with E-state index in [1.807, 2.05) is 24.3 Å². The first-order valence-corrected chi connectivity index (χ1v) is 14.0. The maximum absolute atomic E-state index is 13.8. The van der Waals surface area contributed by atoms with E-state index >= 15 is 0 Å². The number of methoxy groups -OCH3 is 1. The van der Waals surface area contributed by atoms with Crippen LogP contribution in [0.25, 0.3) is 6.08 Å². The van der Waals surface area contributed by atoms with Crippen LogP contribution in [0.2, 0.25) is 0 Å². The number of fused-ring (bicyclic) bond motifs is 1. The molecule has 1 atom stereocenters. The second-order valence-electron chi connectivity index (χ2n) is 9.18.